The Morgan fingerprint density at radius 3 is 2.61 bits per heavy atom. The SMILES string of the molecule is Cc1cccc(C(C)C)c1NC(=O)c1cnc(NC2CC2)cn1. The molecule has 0 unspecified atom stereocenters. The molecule has 1 saturated carbocycles. The van der Waals surface area contributed by atoms with E-state index in [2.05, 4.69) is 34.4 Å². The Balaban J connectivity index is 1.76. The van der Waals surface area contributed by atoms with E-state index in [9.17, 15) is 4.79 Å². The van der Waals surface area contributed by atoms with Gasteiger partial charge in [0.05, 0.1) is 12.4 Å². The van der Waals surface area contributed by atoms with Gasteiger partial charge in [-0.1, -0.05) is 32.0 Å². The summed E-state index contributed by atoms with van der Waals surface area (Å²) in [6.07, 6.45) is 5.49. The van der Waals surface area contributed by atoms with Crippen LogP contribution in [0.2, 0.25) is 0 Å². The number of hydrogen-bond donors (Lipinski definition) is 2. The van der Waals surface area contributed by atoms with Crippen LogP contribution in [0.25, 0.3) is 0 Å². The maximum Gasteiger partial charge on any atom is 0.275 e. The van der Waals surface area contributed by atoms with Crippen LogP contribution in [0.4, 0.5) is 11.5 Å². The first-order valence-electron chi connectivity index (χ1n) is 8.04. The van der Waals surface area contributed by atoms with Crippen LogP contribution in [0.15, 0.2) is 30.6 Å². The minimum Gasteiger partial charge on any atom is -0.366 e. The van der Waals surface area contributed by atoms with Crippen LogP contribution in [0.1, 0.15) is 54.2 Å². The van der Waals surface area contributed by atoms with Crippen molar-refractivity contribution >= 4 is 17.4 Å². The number of nitrogens with one attached hydrogen (secondary N) is 2. The normalized spacial score (nSPS) is 13.9. The molecule has 1 heterocycles. The van der Waals surface area contributed by atoms with Gasteiger partial charge in [0.15, 0.2) is 0 Å². The third kappa shape index (κ3) is 3.67. The van der Waals surface area contributed by atoms with Gasteiger partial charge in [-0.05, 0) is 36.8 Å². The van der Waals surface area contributed by atoms with Crippen LogP contribution in [-0.2, 0) is 0 Å². The van der Waals surface area contributed by atoms with E-state index in [-0.39, 0.29) is 5.91 Å². The summed E-state index contributed by atoms with van der Waals surface area (Å²) in [5, 5.41) is 6.25. The molecule has 1 aliphatic rings. The number of hydrogen-bond acceptors (Lipinski definition) is 4. The van der Waals surface area contributed by atoms with Crippen molar-refractivity contribution in [3.05, 3.63) is 47.4 Å². The molecule has 0 atom stereocenters. The Morgan fingerprint density at radius 2 is 2.00 bits per heavy atom. The highest BCUT2D eigenvalue weighted by Crippen LogP contribution is 2.28. The second kappa shape index (κ2) is 6.36. The van der Waals surface area contributed by atoms with E-state index in [1.54, 1.807) is 6.20 Å². The summed E-state index contributed by atoms with van der Waals surface area (Å²) in [5.41, 5.74) is 3.36. The average molecular weight is 310 g/mol. The zero-order valence-corrected chi connectivity index (χ0v) is 13.8. The second-order valence-corrected chi connectivity index (χ2v) is 6.35. The molecule has 0 bridgehead atoms. The lowest BCUT2D eigenvalue weighted by Crippen LogP contribution is -2.17. The Morgan fingerprint density at radius 1 is 1.22 bits per heavy atom. The van der Waals surface area contributed by atoms with Crippen molar-refractivity contribution in [2.24, 2.45) is 0 Å². The molecule has 0 aliphatic heterocycles. The number of amides is 1. The zero-order chi connectivity index (χ0) is 16.4. The van der Waals surface area contributed by atoms with Crippen molar-refractivity contribution in [2.45, 2.75) is 45.6 Å². The van der Waals surface area contributed by atoms with Crippen LogP contribution in [0.3, 0.4) is 0 Å². The van der Waals surface area contributed by atoms with Crippen molar-refractivity contribution in [1.82, 2.24) is 9.97 Å². The summed E-state index contributed by atoms with van der Waals surface area (Å²) in [5.74, 6) is 0.830. The molecule has 2 N–H and O–H groups in total. The minimum atomic E-state index is -0.230. The third-order valence-corrected chi connectivity index (χ3v) is 3.98. The van der Waals surface area contributed by atoms with Gasteiger partial charge in [0.1, 0.15) is 11.5 Å². The number of carbonyl (C=O) groups is 1. The fourth-order valence-electron chi connectivity index (χ4n) is 2.48. The molecular weight excluding hydrogens is 288 g/mol. The van der Waals surface area contributed by atoms with Crippen LogP contribution in [-0.4, -0.2) is 21.9 Å². The van der Waals surface area contributed by atoms with Gasteiger partial charge in [0, 0.05) is 11.7 Å². The topological polar surface area (TPSA) is 66.9 Å². The predicted molar refractivity (Wildman–Crippen MR) is 91.9 cm³/mol. The number of carbonyl (C=O) groups excluding carboxylic acids is 1. The van der Waals surface area contributed by atoms with E-state index < -0.39 is 0 Å². The van der Waals surface area contributed by atoms with E-state index in [1.165, 1.54) is 19.0 Å². The summed E-state index contributed by atoms with van der Waals surface area (Å²) < 4.78 is 0. The lowest BCUT2D eigenvalue weighted by Gasteiger charge is -2.16. The van der Waals surface area contributed by atoms with E-state index in [1.807, 2.05) is 25.1 Å². The van der Waals surface area contributed by atoms with Gasteiger partial charge in [0.25, 0.3) is 5.91 Å². The molecule has 5 heteroatoms. The number of para-hydroxylation sites is 1. The Hall–Kier alpha value is -2.43. The monoisotopic (exact) mass is 310 g/mol. The van der Waals surface area contributed by atoms with Crippen molar-refractivity contribution in [3.8, 4) is 0 Å². The highest BCUT2D eigenvalue weighted by molar-refractivity contribution is 6.03. The molecule has 0 saturated heterocycles. The lowest BCUT2D eigenvalue weighted by molar-refractivity contribution is 0.102. The Kier molecular flexibility index (Phi) is 4.28. The molecule has 1 aliphatic carbocycles. The fraction of sp³-hybridized carbons (Fsp3) is 0.389. The first-order valence-corrected chi connectivity index (χ1v) is 8.04. The molecule has 3 rings (SSSR count). The molecule has 5 nitrogen and oxygen atoms in total. The van der Waals surface area contributed by atoms with Gasteiger partial charge >= 0.3 is 0 Å². The number of nitrogens with zero attached hydrogens (tertiary/aromatic N) is 2. The molecule has 1 aromatic heterocycles. The minimum absolute atomic E-state index is 0.230. The maximum atomic E-state index is 12.5. The predicted octanol–water partition coefficient (Wildman–Crippen LogP) is 3.74. The van der Waals surface area contributed by atoms with Gasteiger partial charge < -0.3 is 10.6 Å². The number of rotatable bonds is 5. The van der Waals surface area contributed by atoms with Crippen LogP contribution in [0, 0.1) is 6.92 Å². The van der Waals surface area contributed by atoms with Crippen LogP contribution in [0.5, 0.6) is 0 Å². The highest BCUT2D eigenvalue weighted by atomic mass is 16.1. The Labute approximate surface area is 136 Å². The second-order valence-electron chi connectivity index (χ2n) is 6.35. The molecule has 1 aromatic carbocycles. The number of benzene rings is 1. The molecule has 0 radical (unpaired) electrons. The molecule has 1 fully saturated rings. The van der Waals surface area contributed by atoms with E-state index in [4.69, 9.17) is 0 Å². The van der Waals surface area contributed by atoms with E-state index in [0.29, 0.717) is 17.7 Å². The zero-order valence-electron chi connectivity index (χ0n) is 13.8. The average Bonchev–Trinajstić information content (AvgIpc) is 3.33. The van der Waals surface area contributed by atoms with Gasteiger partial charge in [-0.15, -0.1) is 0 Å². The molecule has 120 valence electrons. The quantitative estimate of drug-likeness (QED) is 0.883. The standard InChI is InChI=1S/C18H22N4O/c1-11(2)14-6-4-5-12(3)17(14)22-18(23)15-9-20-16(10-19-15)21-13-7-8-13/h4-6,9-11,13H,7-8H2,1-3H3,(H,20,21)(H,22,23). The molecule has 0 spiro atoms. The molecule has 1 amide bonds. The van der Waals surface area contributed by atoms with Crippen LogP contribution >= 0.6 is 0 Å². The smallest absolute Gasteiger partial charge is 0.275 e. The largest absolute Gasteiger partial charge is 0.366 e. The van der Waals surface area contributed by atoms with Crippen molar-refractivity contribution in [3.63, 3.8) is 0 Å². The van der Waals surface area contributed by atoms with E-state index >= 15 is 0 Å². The van der Waals surface area contributed by atoms with Gasteiger partial charge in [0.2, 0.25) is 0 Å². The summed E-state index contributed by atoms with van der Waals surface area (Å²) in [6.45, 7) is 6.22. The highest BCUT2D eigenvalue weighted by Gasteiger charge is 2.21. The van der Waals surface area contributed by atoms with Crippen molar-refractivity contribution < 1.29 is 4.79 Å². The van der Waals surface area contributed by atoms with Gasteiger partial charge in [-0.3, -0.25) is 4.79 Å². The Bertz CT molecular complexity index is 705. The number of anilines is 2. The van der Waals surface area contributed by atoms with Crippen LogP contribution < -0.4 is 10.6 Å². The summed E-state index contributed by atoms with van der Waals surface area (Å²) in [6, 6.07) is 6.57. The lowest BCUT2D eigenvalue weighted by atomic mass is 9.98. The number of aryl methyl sites for hydroxylation is 1. The van der Waals surface area contributed by atoms with Crippen molar-refractivity contribution in [1.29, 1.82) is 0 Å². The van der Waals surface area contributed by atoms with Gasteiger partial charge in [-0.25, -0.2) is 9.97 Å². The molecular formula is C18H22N4O. The fourth-order valence-corrected chi connectivity index (χ4v) is 2.48. The summed E-state index contributed by atoms with van der Waals surface area (Å²) in [7, 11) is 0. The van der Waals surface area contributed by atoms with E-state index in [0.717, 1.165) is 22.6 Å². The summed E-state index contributed by atoms with van der Waals surface area (Å²) in [4.78, 5) is 20.9. The third-order valence-electron chi connectivity index (χ3n) is 3.98. The van der Waals surface area contributed by atoms with Gasteiger partial charge in [-0.2, -0.15) is 0 Å². The molecule has 23 heavy (non-hydrogen) atoms. The first-order chi connectivity index (χ1) is 11.0. The number of aromatic nitrogens is 2. The molecule has 2 aromatic rings. The van der Waals surface area contributed by atoms with Crippen molar-refractivity contribution in [2.75, 3.05) is 10.6 Å². The first kappa shape index (κ1) is 15.5. The maximum absolute atomic E-state index is 12.5. The summed E-state index contributed by atoms with van der Waals surface area (Å²) >= 11 is 0.